The lowest BCUT2D eigenvalue weighted by Crippen LogP contribution is -2.32. The Balaban J connectivity index is 1.54. The van der Waals surface area contributed by atoms with Gasteiger partial charge in [-0.1, -0.05) is 6.07 Å². The average Bonchev–Trinajstić information content (AvgIpc) is 3.14. The Morgan fingerprint density at radius 3 is 3.14 bits per heavy atom. The number of rotatable bonds is 4. The van der Waals surface area contributed by atoms with Crippen molar-refractivity contribution < 1.29 is 14.6 Å². The van der Waals surface area contributed by atoms with E-state index >= 15 is 0 Å². The number of hydrogen-bond donors (Lipinski definition) is 3. The Labute approximate surface area is 126 Å². The molecule has 0 bridgehead atoms. The number of aliphatic hydroxyl groups excluding tert-OH is 1. The number of carbonyl (C=O) groups excluding carboxylic acids is 1. The van der Waals surface area contributed by atoms with Crippen LogP contribution in [-0.4, -0.2) is 24.3 Å². The average molecular weight is 304 g/mol. The van der Waals surface area contributed by atoms with Crippen molar-refractivity contribution in [3.05, 3.63) is 46.8 Å². The molecule has 1 atom stereocenters. The van der Waals surface area contributed by atoms with Gasteiger partial charge in [-0.2, -0.15) is 0 Å². The number of amides is 2. The van der Waals surface area contributed by atoms with E-state index in [9.17, 15) is 9.90 Å². The van der Waals surface area contributed by atoms with Crippen LogP contribution in [0.1, 0.15) is 17.2 Å². The fourth-order valence-corrected chi connectivity index (χ4v) is 2.84. The number of benzene rings is 1. The summed E-state index contributed by atoms with van der Waals surface area (Å²) in [5.74, 6) is 0.884. The van der Waals surface area contributed by atoms with E-state index in [0.717, 1.165) is 28.3 Å². The quantitative estimate of drug-likeness (QED) is 0.813. The van der Waals surface area contributed by atoms with Gasteiger partial charge in [0.25, 0.3) is 0 Å². The van der Waals surface area contributed by atoms with Gasteiger partial charge < -0.3 is 15.2 Å². The molecule has 5 nitrogen and oxygen atoms in total. The van der Waals surface area contributed by atoms with Crippen LogP contribution in [0.3, 0.4) is 0 Å². The lowest BCUT2D eigenvalue weighted by atomic mass is 10.0. The molecule has 1 aromatic heterocycles. The van der Waals surface area contributed by atoms with Crippen LogP contribution in [0.5, 0.6) is 5.75 Å². The monoisotopic (exact) mass is 304 g/mol. The van der Waals surface area contributed by atoms with Gasteiger partial charge >= 0.3 is 6.03 Å². The van der Waals surface area contributed by atoms with Gasteiger partial charge in [0.2, 0.25) is 0 Å². The van der Waals surface area contributed by atoms with E-state index in [0.29, 0.717) is 6.61 Å². The molecule has 0 spiro atoms. The second kappa shape index (κ2) is 6.15. The predicted molar refractivity (Wildman–Crippen MR) is 81.9 cm³/mol. The lowest BCUT2D eigenvalue weighted by Gasteiger charge is -2.13. The molecule has 2 aromatic rings. The molecule has 1 aromatic carbocycles. The van der Waals surface area contributed by atoms with Crippen molar-refractivity contribution in [2.75, 3.05) is 18.5 Å². The number of carbonyl (C=O) groups is 1. The second-order valence-electron chi connectivity index (χ2n) is 4.79. The molecule has 0 aliphatic carbocycles. The third kappa shape index (κ3) is 3.34. The van der Waals surface area contributed by atoms with Crippen molar-refractivity contribution in [3.63, 3.8) is 0 Å². The summed E-state index contributed by atoms with van der Waals surface area (Å²) in [6.07, 6.45) is 0.132. The Morgan fingerprint density at radius 2 is 2.33 bits per heavy atom. The molecule has 0 fully saturated rings. The van der Waals surface area contributed by atoms with Gasteiger partial charge in [-0.3, -0.25) is 5.32 Å². The highest BCUT2D eigenvalue weighted by Crippen LogP contribution is 2.28. The third-order valence-corrected chi connectivity index (χ3v) is 4.10. The number of ether oxygens (including phenoxy) is 1. The van der Waals surface area contributed by atoms with E-state index < -0.39 is 6.10 Å². The van der Waals surface area contributed by atoms with Crippen molar-refractivity contribution in [1.82, 2.24) is 5.32 Å². The molecule has 3 N–H and O–H groups in total. The van der Waals surface area contributed by atoms with Crippen LogP contribution in [0.25, 0.3) is 0 Å². The lowest BCUT2D eigenvalue weighted by molar-refractivity contribution is 0.175. The molecule has 0 radical (unpaired) electrons. The molecule has 1 aliphatic rings. The summed E-state index contributed by atoms with van der Waals surface area (Å²) in [5, 5.41) is 18.2. The van der Waals surface area contributed by atoms with Crippen LogP contribution in [-0.2, 0) is 6.42 Å². The summed E-state index contributed by atoms with van der Waals surface area (Å²) < 4.78 is 5.43. The molecule has 0 unspecified atom stereocenters. The molecular formula is C15H16N2O3S. The maximum Gasteiger partial charge on any atom is 0.319 e. The minimum Gasteiger partial charge on any atom is -0.493 e. The third-order valence-electron chi connectivity index (χ3n) is 3.31. The second-order valence-corrected chi connectivity index (χ2v) is 5.74. The SMILES string of the molecule is O=C(NC[C@H](O)c1ccc2c(c1)CCO2)Nc1cccs1. The minimum absolute atomic E-state index is 0.164. The normalized spacial score (nSPS) is 14.1. The Morgan fingerprint density at radius 1 is 1.43 bits per heavy atom. The van der Waals surface area contributed by atoms with Crippen LogP contribution in [0.4, 0.5) is 9.80 Å². The van der Waals surface area contributed by atoms with E-state index in [1.807, 2.05) is 35.7 Å². The van der Waals surface area contributed by atoms with Crippen molar-refractivity contribution in [2.45, 2.75) is 12.5 Å². The van der Waals surface area contributed by atoms with Crippen molar-refractivity contribution in [1.29, 1.82) is 0 Å². The van der Waals surface area contributed by atoms with Gasteiger partial charge in [0.05, 0.1) is 17.7 Å². The van der Waals surface area contributed by atoms with E-state index in [4.69, 9.17) is 4.74 Å². The number of thiophene rings is 1. The maximum absolute atomic E-state index is 11.7. The summed E-state index contributed by atoms with van der Waals surface area (Å²) in [6.45, 7) is 0.854. The molecule has 1 aliphatic heterocycles. The van der Waals surface area contributed by atoms with Crippen molar-refractivity contribution in [2.24, 2.45) is 0 Å². The highest BCUT2D eigenvalue weighted by Gasteiger charge is 2.16. The fraction of sp³-hybridized carbons (Fsp3) is 0.267. The molecule has 21 heavy (non-hydrogen) atoms. The van der Waals surface area contributed by atoms with Crippen LogP contribution in [0.2, 0.25) is 0 Å². The molecule has 2 amide bonds. The minimum atomic E-state index is -0.731. The number of nitrogens with one attached hydrogen (secondary N) is 2. The summed E-state index contributed by atoms with van der Waals surface area (Å²) in [6, 6.07) is 9.00. The van der Waals surface area contributed by atoms with Crippen molar-refractivity contribution in [3.8, 4) is 5.75 Å². The van der Waals surface area contributed by atoms with Crippen LogP contribution >= 0.6 is 11.3 Å². The molecule has 3 rings (SSSR count). The zero-order valence-corrected chi connectivity index (χ0v) is 12.2. The number of urea groups is 1. The van der Waals surface area contributed by atoms with Crippen LogP contribution < -0.4 is 15.4 Å². The van der Waals surface area contributed by atoms with Gasteiger partial charge in [-0.25, -0.2) is 4.79 Å². The van der Waals surface area contributed by atoms with E-state index in [2.05, 4.69) is 10.6 Å². The first kappa shape index (κ1) is 13.9. The van der Waals surface area contributed by atoms with Gasteiger partial charge in [0.15, 0.2) is 0 Å². The van der Waals surface area contributed by atoms with Crippen LogP contribution in [0, 0.1) is 0 Å². The van der Waals surface area contributed by atoms with E-state index in [-0.39, 0.29) is 12.6 Å². The Kier molecular flexibility index (Phi) is 4.08. The number of aliphatic hydroxyl groups is 1. The summed E-state index contributed by atoms with van der Waals surface area (Å²) in [5.41, 5.74) is 1.89. The number of fused-ring (bicyclic) bond motifs is 1. The van der Waals surface area contributed by atoms with Crippen molar-refractivity contribution >= 4 is 22.4 Å². The first-order valence-corrected chi connectivity index (χ1v) is 7.62. The Hall–Kier alpha value is -2.05. The summed E-state index contributed by atoms with van der Waals surface area (Å²) in [4.78, 5) is 11.7. The predicted octanol–water partition coefficient (Wildman–Crippen LogP) is 2.54. The van der Waals surface area contributed by atoms with Gasteiger partial charge in [0.1, 0.15) is 5.75 Å². The molecule has 0 saturated heterocycles. The molecule has 110 valence electrons. The van der Waals surface area contributed by atoms with Gasteiger partial charge in [0, 0.05) is 13.0 Å². The highest BCUT2D eigenvalue weighted by atomic mass is 32.1. The van der Waals surface area contributed by atoms with Gasteiger partial charge in [-0.15, -0.1) is 11.3 Å². The fourth-order valence-electron chi connectivity index (χ4n) is 2.23. The van der Waals surface area contributed by atoms with Gasteiger partial charge in [-0.05, 0) is 40.8 Å². The number of anilines is 1. The zero-order valence-electron chi connectivity index (χ0n) is 11.3. The first-order valence-electron chi connectivity index (χ1n) is 6.74. The standard InChI is InChI=1S/C15H16N2O3S/c18-12(9-16-15(19)17-14-2-1-7-21-14)10-3-4-13-11(8-10)5-6-20-13/h1-4,7-8,12,18H,5-6,9H2,(H2,16,17,19)/t12-/m0/s1. The smallest absolute Gasteiger partial charge is 0.319 e. The zero-order chi connectivity index (χ0) is 14.7. The molecule has 0 saturated carbocycles. The summed E-state index contributed by atoms with van der Waals surface area (Å²) >= 11 is 1.45. The largest absolute Gasteiger partial charge is 0.493 e. The van der Waals surface area contributed by atoms with Crippen LogP contribution in [0.15, 0.2) is 35.7 Å². The Bertz CT molecular complexity index is 628. The molecular weight excluding hydrogens is 288 g/mol. The summed E-state index contributed by atoms with van der Waals surface area (Å²) in [7, 11) is 0. The van der Waals surface area contributed by atoms with E-state index in [1.165, 1.54) is 11.3 Å². The highest BCUT2D eigenvalue weighted by molar-refractivity contribution is 7.14. The first-order chi connectivity index (χ1) is 10.2. The molecule has 2 heterocycles. The maximum atomic E-state index is 11.7. The topological polar surface area (TPSA) is 70.6 Å². The van der Waals surface area contributed by atoms with E-state index in [1.54, 1.807) is 0 Å². The molecule has 6 heteroatoms. The number of hydrogen-bond acceptors (Lipinski definition) is 4.